The molecule has 4 heteroatoms. The summed E-state index contributed by atoms with van der Waals surface area (Å²) in [5, 5.41) is 0. The van der Waals surface area contributed by atoms with Crippen LogP contribution < -0.4 is 10.9 Å². The predicted molar refractivity (Wildman–Crippen MR) is 46.4 cm³/mol. The monoisotopic (exact) mass is 182 g/mol. The van der Waals surface area contributed by atoms with Gasteiger partial charge in [0.25, 0.3) is 0 Å². The van der Waals surface area contributed by atoms with Gasteiger partial charge >= 0.3 is 0 Å². The lowest BCUT2D eigenvalue weighted by molar-refractivity contribution is -0.129. The molecule has 72 valence electrons. The number of nitrogens with one attached hydrogen (secondary N) is 2. The van der Waals surface area contributed by atoms with Crippen molar-refractivity contribution in [2.75, 3.05) is 0 Å². The normalized spacial score (nSPS) is 27.6. The molecule has 0 aromatic heterocycles. The van der Waals surface area contributed by atoms with Gasteiger partial charge in [-0.2, -0.15) is 0 Å². The molecule has 0 radical (unpaired) electrons. The highest BCUT2D eigenvalue weighted by Crippen LogP contribution is 2.65. The molecular formula is C9H14N2O2. The third-order valence-electron chi connectivity index (χ3n) is 3.22. The molecule has 2 aliphatic carbocycles. The fourth-order valence-electron chi connectivity index (χ4n) is 2.14. The largest absolute Gasteiger partial charge is 0.274 e. The maximum Gasteiger partial charge on any atom is 0.242 e. The first-order valence-electron chi connectivity index (χ1n) is 4.70. The molecule has 0 aliphatic heterocycles. The summed E-state index contributed by atoms with van der Waals surface area (Å²) in [5.74, 6) is -0.0836. The van der Waals surface area contributed by atoms with Crippen molar-refractivity contribution in [1.29, 1.82) is 0 Å². The average Bonchev–Trinajstić information content (AvgIpc) is 2.73. The molecule has 2 amide bonds. The van der Waals surface area contributed by atoms with E-state index in [1.54, 1.807) is 0 Å². The molecule has 0 unspecified atom stereocenters. The number of hydrogen-bond acceptors (Lipinski definition) is 2. The van der Waals surface area contributed by atoms with Crippen LogP contribution in [0.2, 0.25) is 0 Å². The van der Waals surface area contributed by atoms with Crippen LogP contribution in [0.4, 0.5) is 0 Å². The zero-order chi connectivity index (χ0) is 9.47. The Morgan fingerprint density at radius 3 is 2.38 bits per heavy atom. The third kappa shape index (κ3) is 1.41. The number of rotatable bonds is 1. The fraction of sp³-hybridized carbons (Fsp3) is 0.778. The summed E-state index contributed by atoms with van der Waals surface area (Å²) in [7, 11) is 0. The second-order valence-corrected chi connectivity index (χ2v) is 4.14. The third-order valence-corrected chi connectivity index (χ3v) is 3.22. The Bertz CT molecular complexity index is 258. The van der Waals surface area contributed by atoms with Crippen molar-refractivity contribution < 1.29 is 9.59 Å². The summed E-state index contributed by atoms with van der Waals surface area (Å²) in [6.45, 7) is 1.38. The highest BCUT2D eigenvalue weighted by Gasteiger charge is 2.60. The van der Waals surface area contributed by atoms with E-state index in [4.69, 9.17) is 0 Å². The van der Waals surface area contributed by atoms with E-state index in [-0.39, 0.29) is 17.7 Å². The molecule has 2 saturated carbocycles. The lowest BCUT2D eigenvalue weighted by atomic mass is 9.80. The van der Waals surface area contributed by atoms with Gasteiger partial charge in [0.15, 0.2) is 0 Å². The lowest BCUT2D eigenvalue weighted by Gasteiger charge is -2.26. The van der Waals surface area contributed by atoms with Gasteiger partial charge in [-0.1, -0.05) is 6.42 Å². The van der Waals surface area contributed by atoms with Crippen molar-refractivity contribution in [2.45, 2.75) is 32.6 Å². The van der Waals surface area contributed by atoms with Crippen LogP contribution in [0.5, 0.6) is 0 Å². The van der Waals surface area contributed by atoms with Crippen LogP contribution in [0, 0.1) is 11.3 Å². The molecular weight excluding hydrogens is 168 g/mol. The zero-order valence-corrected chi connectivity index (χ0v) is 7.72. The van der Waals surface area contributed by atoms with Gasteiger partial charge < -0.3 is 0 Å². The maximum atomic E-state index is 11.4. The smallest absolute Gasteiger partial charge is 0.242 e. The second kappa shape index (κ2) is 2.72. The van der Waals surface area contributed by atoms with E-state index in [1.165, 1.54) is 26.2 Å². The minimum absolute atomic E-state index is 0.0186. The first-order valence-corrected chi connectivity index (χ1v) is 4.70. The summed E-state index contributed by atoms with van der Waals surface area (Å²) < 4.78 is 0. The summed E-state index contributed by atoms with van der Waals surface area (Å²) in [6, 6.07) is 0. The van der Waals surface area contributed by atoms with E-state index in [2.05, 4.69) is 10.9 Å². The Kier molecular flexibility index (Phi) is 1.78. The van der Waals surface area contributed by atoms with Crippen molar-refractivity contribution in [3.63, 3.8) is 0 Å². The summed E-state index contributed by atoms with van der Waals surface area (Å²) in [5.41, 5.74) is 5.08. The van der Waals surface area contributed by atoms with E-state index in [0.29, 0.717) is 5.41 Å². The van der Waals surface area contributed by atoms with Gasteiger partial charge in [-0.25, -0.2) is 0 Å². The molecule has 13 heavy (non-hydrogen) atoms. The Morgan fingerprint density at radius 1 is 1.31 bits per heavy atom. The Labute approximate surface area is 77.0 Å². The number of hydrazine groups is 1. The van der Waals surface area contributed by atoms with E-state index in [0.717, 1.165) is 6.42 Å². The number of amides is 2. The Balaban J connectivity index is 1.76. The predicted octanol–water partition coefficient (Wildman–Crippen LogP) is 0.344. The van der Waals surface area contributed by atoms with Gasteiger partial charge in [-0.05, 0) is 24.7 Å². The molecule has 0 saturated heterocycles. The Hall–Kier alpha value is -1.06. The van der Waals surface area contributed by atoms with Crippen LogP contribution in [0.15, 0.2) is 0 Å². The molecule has 0 aromatic rings. The summed E-state index contributed by atoms with van der Waals surface area (Å²) >= 11 is 0. The minimum Gasteiger partial charge on any atom is -0.274 e. The molecule has 0 heterocycles. The van der Waals surface area contributed by atoms with E-state index >= 15 is 0 Å². The highest BCUT2D eigenvalue weighted by molar-refractivity contribution is 5.85. The molecule has 2 aliphatic rings. The standard InChI is InChI=1S/C9H14N2O2/c1-6(12)10-11-8(13)7-5-9(7)3-2-4-9/h7H,2-5H2,1H3,(H,10,12)(H,11,13)/t7-/m0/s1. The first kappa shape index (κ1) is 8.53. The van der Waals surface area contributed by atoms with Gasteiger partial charge in [0.2, 0.25) is 11.8 Å². The van der Waals surface area contributed by atoms with Crippen LogP contribution in [0.1, 0.15) is 32.6 Å². The molecule has 0 aromatic carbocycles. The van der Waals surface area contributed by atoms with Crippen LogP contribution >= 0.6 is 0 Å². The minimum atomic E-state index is -0.225. The quantitative estimate of drug-likeness (QED) is 0.575. The van der Waals surface area contributed by atoms with Crippen molar-refractivity contribution in [3.05, 3.63) is 0 Å². The van der Waals surface area contributed by atoms with E-state index in [9.17, 15) is 9.59 Å². The maximum absolute atomic E-state index is 11.4. The van der Waals surface area contributed by atoms with Crippen LogP contribution in [0.25, 0.3) is 0 Å². The SMILES string of the molecule is CC(=O)NNC(=O)[C@@H]1CC12CCC2. The molecule has 2 fully saturated rings. The number of carbonyl (C=O) groups excluding carboxylic acids is 2. The highest BCUT2D eigenvalue weighted by atomic mass is 16.2. The molecule has 1 atom stereocenters. The van der Waals surface area contributed by atoms with Crippen molar-refractivity contribution >= 4 is 11.8 Å². The molecule has 1 spiro atoms. The average molecular weight is 182 g/mol. The van der Waals surface area contributed by atoms with Crippen LogP contribution in [-0.2, 0) is 9.59 Å². The molecule has 4 nitrogen and oxygen atoms in total. The topological polar surface area (TPSA) is 58.2 Å². The first-order chi connectivity index (χ1) is 6.14. The van der Waals surface area contributed by atoms with Gasteiger partial charge in [0.1, 0.15) is 0 Å². The van der Waals surface area contributed by atoms with Crippen LogP contribution in [-0.4, -0.2) is 11.8 Å². The zero-order valence-electron chi connectivity index (χ0n) is 7.72. The van der Waals surface area contributed by atoms with Crippen molar-refractivity contribution in [3.8, 4) is 0 Å². The van der Waals surface area contributed by atoms with E-state index in [1.807, 2.05) is 0 Å². The van der Waals surface area contributed by atoms with Gasteiger partial charge in [0, 0.05) is 12.8 Å². The summed E-state index contributed by atoms with van der Waals surface area (Å²) in [6.07, 6.45) is 4.64. The summed E-state index contributed by atoms with van der Waals surface area (Å²) in [4.78, 5) is 21.9. The second-order valence-electron chi connectivity index (χ2n) is 4.14. The Morgan fingerprint density at radius 2 is 2.00 bits per heavy atom. The lowest BCUT2D eigenvalue weighted by Crippen LogP contribution is -2.42. The van der Waals surface area contributed by atoms with Crippen molar-refractivity contribution in [2.24, 2.45) is 11.3 Å². The molecule has 2 rings (SSSR count). The van der Waals surface area contributed by atoms with Gasteiger partial charge in [-0.15, -0.1) is 0 Å². The van der Waals surface area contributed by atoms with Gasteiger partial charge in [-0.3, -0.25) is 20.4 Å². The number of carbonyl (C=O) groups is 2. The van der Waals surface area contributed by atoms with Crippen LogP contribution in [0.3, 0.4) is 0 Å². The van der Waals surface area contributed by atoms with Crippen molar-refractivity contribution in [1.82, 2.24) is 10.9 Å². The number of hydrogen-bond donors (Lipinski definition) is 2. The van der Waals surface area contributed by atoms with Gasteiger partial charge in [0.05, 0.1) is 0 Å². The molecule has 0 bridgehead atoms. The fourth-order valence-corrected chi connectivity index (χ4v) is 2.14. The molecule has 2 N–H and O–H groups in total. The van der Waals surface area contributed by atoms with E-state index < -0.39 is 0 Å².